The highest BCUT2D eigenvalue weighted by Crippen LogP contribution is 2.30. The fourth-order valence-corrected chi connectivity index (χ4v) is 5.65. The van der Waals surface area contributed by atoms with Crippen molar-refractivity contribution in [2.45, 2.75) is 59.0 Å². The van der Waals surface area contributed by atoms with Gasteiger partial charge in [-0.15, -0.1) is 0 Å². The average Bonchev–Trinajstić information content (AvgIpc) is 3.06. The number of esters is 1. The number of aryl methyl sites for hydroxylation is 1. The number of amides is 2. The van der Waals surface area contributed by atoms with Crippen LogP contribution in [0.1, 0.15) is 48.7 Å². The molecule has 4 N–H and O–H groups in total. The predicted molar refractivity (Wildman–Crippen MR) is 185 cm³/mol. The van der Waals surface area contributed by atoms with Crippen LogP contribution in [-0.4, -0.2) is 81.6 Å². The number of Topliss-reactive ketones (excluding diaryl/α,β-unsaturated/α-hetero) is 1. The Balaban J connectivity index is 1.42. The molecule has 1 saturated heterocycles. The van der Waals surface area contributed by atoms with E-state index < -0.39 is 18.2 Å². The summed E-state index contributed by atoms with van der Waals surface area (Å²) in [5, 5.41) is 12.6. The van der Waals surface area contributed by atoms with Gasteiger partial charge < -0.3 is 34.9 Å². The summed E-state index contributed by atoms with van der Waals surface area (Å²) in [5.74, 6) is 0.902. The number of ether oxygens (including phenoxy) is 4. The molecule has 0 aliphatic carbocycles. The van der Waals surface area contributed by atoms with Crippen LogP contribution in [0.15, 0.2) is 60.7 Å². The molecule has 258 valence electrons. The number of rotatable bonds is 15. The van der Waals surface area contributed by atoms with Crippen LogP contribution >= 0.6 is 0 Å². The molecule has 48 heavy (non-hydrogen) atoms. The van der Waals surface area contributed by atoms with E-state index in [1.54, 1.807) is 37.3 Å². The summed E-state index contributed by atoms with van der Waals surface area (Å²) in [7, 11) is 3.04. The molecule has 3 aromatic rings. The molecule has 0 radical (unpaired) electrons. The van der Waals surface area contributed by atoms with Crippen molar-refractivity contribution in [1.82, 2.24) is 15.5 Å². The topological polar surface area (TPSA) is 139 Å². The molecule has 0 saturated carbocycles. The maximum atomic E-state index is 13.6. The highest BCUT2D eigenvalue weighted by atomic mass is 16.5. The molecule has 2 amide bonds. The number of urea groups is 1. The zero-order chi connectivity index (χ0) is 34.6. The third-order valence-electron chi connectivity index (χ3n) is 8.09. The van der Waals surface area contributed by atoms with Crippen molar-refractivity contribution in [3.63, 3.8) is 0 Å². The molecule has 0 aromatic heterocycles. The molecular weight excluding hydrogens is 614 g/mol. The van der Waals surface area contributed by atoms with E-state index in [2.05, 4.69) is 33.1 Å². The Labute approximate surface area is 282 Å². The summed E-state index contributed by atoms with van der Waals surface area (Å²) in [6.07, 6.45) is -0.382. The fourth-order valence-electron chi connectivity index (χ4n) is 5.65. The molecule has 12 nitrogen and oxygen atoms in total. The molecule has 3 aromatic carbocycles. The van der Waals surface area contributed by atoms with Gasteiger partial charge in [0.05, 0.1) is 38.2 Å². The molecule has 3 unspecified atom stereocenters. The molecule has 1 aliphatic heterocycles. The van der Waals surface area contributed by atoms with Gasteiger partial charge in [0.15, 0.2) is 11.5 Å². The smallest absolute Gasteiger partial charge is 0.338 e. The Morgan fingerprint density at radius 3 is 2.42 bits per heavy atom. The minimum absolute atomic E-state index is 0.0295. The first-order valence-electron chi connectivity index (χ1n) is 16.2. The lowest BCUT2D eigenvalue weighted by Gasteiger charge is -2.41. The molecule has 1 heterocycles. The lowest BCUT2D eigenvalue weighted by molar-refractivity contribution is -0.120. The van der Waals surface area contributed by atoms with E-state index in [1.807, 2.05) is 44.2 Å². The van der Waals surface area contributed by atoms with Crippen LogP contribution in [0.3, 0.4) is 0 Å². The van der Waals surface area contributed by atoms with Crippen molar-refractivity contribution in [1.29, 1.82) is 0 Å². The van der Waals surface area contributed by atoms with Gasteiger partial charge in [0.1, 0.15) is 17.8 Å². The number of nitrogens with one attached hydrogen (secondary N) is 4. The number of carbonyl (C=O) groups is 3. The number of methoxy groups -OCH3 is 2. The van der Waals surface area contributed by atoms with Crippen LogP contribution in [0.4, 0.5) is 16.2 Å². The van der Waals surface area contributed by atoms with Crippen LogP contribution in [0.2, 0.25) is 0 Å². The van der Waals surface area contributed by atoms with Gasteiger partial charge in [0, 0.05) is 44.2 Å². The number of piperazine rings is 1. The summed E-state index contributed by atoms with van der Waals surface area (Å²) in [5.41, 5.74) is 3.28. The van der Waals surface area contributed by atoms with Crippen molar-refractivity contribution in [2.75, 3.05) is 51.1 Å². The zero-order valence-corrected chi connectivity index (χ0v) is 28.6. The summed E-state index contributed by atoms with van der Waals surface area (Å²) < 4.78 is 22.4. The first-order valence-corrected chi connectivity index (χ1v) is 16.2. The molecule has 0 bridgehead atoms. The quantitative estimate of drug-likeness (QED) is 0.130. The predicted octanol–water partition coefficient (Wildman–Crippen LogP) is 4.97. The van der Waals surface area contributed by atoms with Crippen LogP contribution in [0.25, 0.3) is 0 Å². The Morgan fingerprint density at radius 1 is 0.958 bits per heavy atom. The number of hydrogen-bond acceptors (Lipinski definition) is 10. The van der Waals surface area contributed by atoms with Gasteiger partial charge in [-0.25, -0.2) is 9.59 Å². The van der Waals surface area contributed by atoms with E-state index in [0.29, 0.717) is 34.2 Å². The van der Waals surface area contributed by atoms with Crippen LogP contribution in [0.5, 0.6) is 17.2 Å². The Bertz CT molecular complexity index is 1570. The van der Waals surface area contributed by atoms with Crippen LogP contribution in [-0.2, 0) is 16.0 Å². The zero-order valence-electron chi connectivity index (χ0n) is 28.6. The lowest BCUT2D eigenvalue weighted by Crippen LogP contribution is -2.60. The molecule has 0 spiro atoms. The van der Waals surface area contributed by atoms with Crippen molar-refractivity contribution < 1.29 is 33.3 Å². The van der Waals surface area contributed by atoms with Crippen molar-refractivity contribution in [3.8, 4) is 17.2 Å². The number of nitrogens with zero attached hydrogens (tertiary/aromatic N) is 1. The van der Waals surface area contributed by atoms with Crippen LogP contribution in [0, 0.1) is 6.92 Å². The molecule has 4 rings (SSSR count). The molecule has 12 heteroatoms. The number of benzene rings is 3. The van der Waals surface area contributed by atoms with E-state index in [-0.39, 0.29) is 37.4 Å². The number of anilines is 2. The van der Waals surface area contributed by atoms with E-state index in [1.165, 1.54) is 14.2 Å². The largest absolute Gasteiger partial charge is 0.495 e. The maximum absolute atomic E-state index is 13.6. The normalized spacial score (nSPS) is 15.9. The van der Waals surface area contributed by atoms with E-state index in [0.717, 1.165) is 30.8 Å². The summed E-state index contributed by atoms with van der Waals surface area (Å²) in [6.45, 7) is 10.3. The van der Waals surface area contributed by atoms with Gasteiger partial charge in [0.2, 0.25) is 0 Å². The summed E-state index contributed by atoms with van der Waals surface area (Å²) in [6, 6.07) is 17.5. The van der Waals surface area contributed by atoms with Crippen molar-refractivity contribution >= 4 is 29.2 Å². The average molecular weight is 662 g/mol. The second-order valence-corrected chi connectivity index (χ2v) is 11.7. The minimum atomic E-state index is -0.497. The SMILES string of the molecule is CCOC(=O)c1ccc(OC(C)NC(CC(=O)Cc2ccc(NC(=O)Nc3ccccc3C)c(OC)c2)N2CCNCC2C)c(OC)c1. The van der Waals surface area contributed by atoms with Crippen molar-refractivity contribution in [3.05, 3.63) is 77.4 Å². The molecular formula is C36H47N5O7. The number of ketones is 1. The minimum Gasteiger partial charge on any atom is -0.495 e. The van der Waals surface area contributed by atoms with Gasteiger partial charge in [-0.1, -0.05) is 24.3 Å². The maximum Gasteiger partial charge on any atom is 0.338 e. The lowest BCUT2D eigenvalue weighted by atomic mass is 10.0. The Kier molecular flexibility index (Phi) is 13.2. The Morgan fingerprint density at radius 2 is 1.71 bits per heavy atom. The van der Waals surface area contributed by atoms with Gasteiger partial charge in [0.25, 0.3) is 0 Å². The van der Waals surface area contributed by atoms with Crippen LogP contribution < -0.4 is 35.5 Å². The highest BCUT2D eigenvalue weighted by molar-refractivity contribution is 6.01. The van der Waals surface area contributed by atoms with Crippen molar-refractivity contribution in [2.24, 2.45) is 0 Å². The number of para-hydroxylation sites is 1. The molecule has 1 fully saturated rings. The van der Waals surface area contributed by atoms with Gasteiger partial charge >= 0.3 is 12.0 Å². The number of carbonyl (C=O) groups excluding carboxylic acids is 3. The van der Waals surface area contributed by atoms with E-state index >= 15 is 0 Å². The molecule has 3 atom stereocenters. The van der Waals surface area contributed by atoms with Gasteiger partial charge in [-0.2, -0.15) is 0 Å². The monoisotopic (exact) mass is 661 g/mol. The standard InChI is InChI=1S/C36H47N5O7/c1-7-47-35(43)27-13-15-31(33(20-27)46-6)48-25(4)38-34(41-17-16-37-22-24(41)3)21-28(42)18-26-12-14-30(32(19-26)45-5)40-36(44)39-29-11-9-8-10-23(29)2/h8-15,19-20,24-25,34,37-38H,7,16-18,21-22H2,1-6H3,(H2,39,40,44). The molecule has 1 aliphatic rings. The first kappa shape index (κ1) is 36.2. The third-order valence-corrected chi connectivity index (χ3v) is 8.09. The first-order chi connectivity index (χ1) is 23.1. The van der Waals surface area contributed by atoms with Gasteiger partial charge in [-0.05, 0) is 75.2 Å². The summed E-state index contributed by atoms with van der Waals surface area (Å²) >= 11 is 0. The summed E-state index contributed by atoms with van der Waals surface area (Å²) in [4.78, 5) is 40.7. The number of hydrogen-bond donors (Lipinski definition) is 4. The van der Waals surface area contributed by atoms with E-state index in [4.69, 9.17) is 18.9 Å². The van der Waals surface area contributed by atoms with E-state index in [9.17, 15) is 14.4 Å². The Hall–Kier alpha value is -4.65. The second kappa shape index (κ2) is 17.5. The highest BCUT2D eigenvalue weighted by Gasteiger charge is 2.29. The fraction of sp³-hybridized carbons (Fsp3) is 0.417. The third kappa shape index (κ3) is 9.93. The van der Waals surface area contributed by atoms with Gasteiger partial charge in [-0.3, -0.25) is 15.0 Å². The second-order valence-electron chi connectivity index (χ2n) is 11.7.